The Morgan fingerprint density at radius 3 is 2.80 bits per heavy atom. The summed E-state index contributed by atoms with van der Waals surface area (Å²) in [5.41, 5.74) is 7.53. The van der Waals surface area contributed by atoms with Gasteiger partial charge in [0.15, 0.2) is 5.13 Å². The van der Waals surface area contributed by atoms with Crippen molar-refractivity contribution in [3.8, 4) is 0 Å². The monoisotopic (exact) mass is 359 g/mol. The Labute approximate surface area is 150 Å². The predicted octanol–water partition coefficient (Wildman–Crippen LogP) is 0.715. The summed E-state index contributed by atoms with van der Waals surface area (Å²) in [6, 6.07) is 10.4. The predicted molar refractivity (Wildman–Crippen MR) is 97.1 cm³/mol. The van der Waals surface area contributed by atoms with Crippen molar-refractivity contribution >= 4 is 28.3 Å². The SMILES string of the molecule is NCC(=O)NCC(=O)Nc1nc2c(s1)CN(Cc1ccccc1)CC2. The number of benzene rings is 1. The first-order valence-corrected chi connectivity index (χ1v) is 8.97. The van der Waals surface area contributed by atoms with Gasteiger partial charge in [0.25, 0.3) is 0 Å². The van der Waals surface area contributed by atoms with E-state index in [1.165, 1.54) is 21.8 Å². The largest absolute Gasteiger partial charge is 0.346 e. The summed E-state index contributed by atoms with van der Waals surface area (Å²) < 4.78 is 0. The van der Waals surface area contributed by atoms with Crippen molar-refractivity contribution in [3.05, 3.63) is 46.5 Å². The van der Waals surface area contributed by atoms with Gasteiger partial charge in [-0.3, -0.25) is 14.5 Å². The molecule has 1 aromatic heterocycles. The highest BCUT2D eigenvalue weighted by atomic mass is 32.1. The van der Waals surface area contributed by atoms with Gasteiger partial charge in [-0.25, -0.2) is 4.98 Å². The lowest BCUT2D eigenvalue weighted by molar-refractivity contribution is -0.123. The van der Waals surface area contributed by atoms with Gasteiger partial charge in [-0.2, -0.15) is 0 Å². The van der Waals surface area contributed by atoms with Crippen LogP contribution in [-0.4, -0.2) is 41.3 Å². The molecule has 0 bridgehead atoms. The number of hydrogen-bond acceptors (Lipinski definition) is 6. The molecular weight excluding hydrogens is 338 g/mol. The Balaban J connectivity index is 1.55. The van der Waals surface area contributed by atoms with Crippen molar-refractivity contribution in [3.63, 3.8) is 0 Å². The van der Waals surface area contributed by atoms with E-state index in [4.69, 9.17) is 5.73 Å². The zero-order valence-electron chi connectivity index (χ0n) is 13.8. The normalized spacial score (nSPS) is 14.0. The number of nitrogens with one attached hydrogen (secondary N) is 2. The summed E-state index contributed by atoms with van der Waals surface area (Å²) in [5.74, 6) is -0.654. The first kappa shape index (κ1) is 17.5. The lowest BCUT2D eigenvalue weighted by atomic mass is 10.1. The fraction of sp³-hybridized carbons (Fsp3) is 0.353. The second-order valence-electron chi connectivity index (χ2n) is 5.86. The van der Waals surface area contributed by atoms with Crippen LogP contribution < -0.4 is 16.4 Å². The molecule has 0 saturated heterocycles. The number of anilines is 1. The maximum absolute atomic E-state index is 11.8. The molecule has 0 aliphatic carbocycles. The molecule has 2 heterocycles. The number of nitrogens with two attached hydrogens (primary N) is 1. The molecule has 132 valence electrons. The quantitative estimate of drug-likeness (QED) is 0.705. The molecule has 1 aliphatic heterocycles. The van der Waals surface area contributed by atoms with Crippen LogP contribution in [0.1, 0.15) is 16.1 Å². The topological polar surface area (TPSA) is 100 Å². The number of carbonyl (C=O) groups excluding carboxylic acids is 2. The first-order valence-electron chi connectivity index (χ1n) is 8.15. The molecule has 2 aromatic rings. The van der Waals surface area contributed by atoms with Crippen LogP contribution in [0.5, 0.6) is 0 Å². The first-order chi connectivity index (χ1) is 12.1. The van der Waals surface area contributed by atoms with Gasteiger partial charge in [0.05, 0.1) is 18.8 Å². The summed E-state index contributed by atoms with van der Waals surface area (Å²) in [5, 5.41) is 5.76. The Bertz CT molecular complexity index is 747. The van der Waals surface area contributed by atoms with Crippen LogP contribution >= 0.6 is 11.3 Å². The summed E-state index contributed by atoms with van der Waals surface area (Å²) in [6.45, 7) is 2.47. The van der Waals surface area contributed by atoms with Gasteiger partial charge >= 0.3 is 0 Å². The third kappa shape index (κ3) is 4.85. The van der Waals surface area contributed by atoms with Crippen LogP contribution in [0.15, 0.2) is 30.3 Å². The van der Waals surface area contributed by atoms with E-state index in [1.54, 1.807) is 0 Å². The molecule has 7 nitrogen and oxygen atoms in total. The van der Waals surface area contributed by atoms with E-state index < -0.39 is 0 Å². The zero-order valence-corrected chi connectivity index (χ0v) is 14.6. The number of carbonyl (C=O) groups is 2. The molecule has 1 aliphatic rings. The summed E-state index contributed by atoms with van der Waals surface area (Å²) in [7, 11) is 0. The van der Waals surface area contributed by atoms with E-state index in [2.05, 4.69) is 44.8 Å². The third-order valence-electron chi connectivity index (χ3n) is 3.94. The maximum Gasteiger partial charge on any atom is 0.245 e. The number of thiazole rings is 1. The molecule has 0 atom stereocenters. The fourth-order valence-corrected chi connectivity index (χ4v) is 3.76. The molecule has 4 N–H and O–H groups in total. The van der Waals surface area contributed by atoms with E-state index >= 15 is 0 Å². The fourth-order valence-electron chi connectivity index (χ4n) is 2.69. The standard InChI is InChI=1S/C17H21N5O2S/c18-8-15(23)19-9-16(24)21-17-20-13-6-7-22(11-14(13)25-17)10-12-4-2-1-3-5-12/h1-5H,6-11,18H2,(H,19,23)(H,20,21,24). The minimum atomic E-state index is -0.356. The highest BCUT2D eigenvalue weighted by molar-refractivity contribution is 7.15. The number of fused-ring (bicyclic) bond motifs is 1. The molecule has 3 rings (SSSR count). The van der Waals surface area contributed by atoms with Gasteiger partial charge in [-0.15, -0.1) is 11.3 Å². The van der Waals surface area contributed by atoms with Crippen molar-refractivity contribution in [2.24, 2.45) is 5.73 Å². The second kappa shape index (κ2) is 8.19. The van der Waals surface area contributed by atoms with E-state index in [-0.39, 0.29) is 24.9 Å². The zero-order chi connectivity index (χ0) is 17.6. The van der Waals surface area contributed by atoms with Crippen LogP contribution in [0, 0.1) is 0 Å². The summed E-state index contributed by atoms with van der Waals surface area (Å²) >= 11 is 1.50. The van der Waals surface area contributed by atoms with E-state index in [0.717, 1.165) is 31.7 Å². The van der Waals surface area contributed by atoms with Crippen LogP contribution in [-0.2, 0) is 29.1 Å². The van der Waals surface area contributed by atoms with Gasteiger partial charge in [0.2, 0.25) is 11.8 Å². The summed E-state index contributed by atoms with van der Waals surface area (Å²) in [4.78, 5) is 31.0. The van der Waals surface area contributed by atoms with E-state index in [9.17, 15) is 9.59 Å². The van der Waals surface area contributed by atoms with Gasteiger partial charge in [0.1, 0.15) is 0 Å². The lowest BCUT2D eigenvalue weighted by Crippen LogP contribution is -2.36. The number of rotatable bonds is 6. The lowest BCUT2D eigenvalue weighted by Gasteiger charge is -2.25. The molecule has 0 unspecified atom stereocenters. The molecule has 25 heavy (non-hydrogen) atoms. The number of aromatic nitrogens is 1. The highest BCUT2D eigenvalue weighted by Gasteiger charge is 2.21. The van der Waals surface area contributed by atoms with Gasteiger partial charge < -0.3 is 16.4 Å². The van der Waals surface area contributed by atoms with Crippen LogP contribution in [0.4, 0.5) is 5.13 Å². The Hall–Kier alpha value is -2.29. The minimum Gasteiger partial charge on any atom is -0.346 e. The number of amides is 2. The smallest absolute Gasteiger partial charge is 0.245 e. The Kier molecular flexibility index (Phi) is 5.75. The highest BCUT2D eigenvalue weighted by Crippen LogP contribution is 2.28. The molecule has 8 heteroatoms. The van der Waals surface area contributed by atoms with Gasteiger partial charge in [-0.05, 0) is 5.56 Å². The molecular formula is C17H21N5O2S. The number of hydrogen-bond donors (Lipinski definition) is 3. The molecule has 0 radical (unpaired) electrons. The average molecular weight is 359 g/mol. The maximum atomic E-state index is 11.8. The van der Waals surface area contributed by atoms with Crippen molar-refractivity contribution in [1.82, 2.24) is 15.2 Å². The minimum absolute atomic E-state index is 0.0968. The van der Waals surface area contributed by atoms with Crippen molar-refractivity contribution < 1.29 is 9.59 Å². The Morgan fingerprint density at radius 2 is 2.04 bits per heavy atom. The van der Waals surface area contributed by atoms with Crippen LogP contribution in [0.2, 0.25) is 0 Å². The van der Waals surface area contributed by atoms with Gasteiger partial charge in [0, 0.05) is 30.9 Å². The van der Waals surface area contributed by atoms with Crippen molar-refractivity contribution in [2.75, 3.05) is 25.0 Å². The molecule has 0 spiro atoms. The van der Waals surface area contributed by atoms with Crippen LogP contribution in [0.25, 0.3) is 0 Å². The molecule has 1 aromatic carbocycles. The van der Waals surface area contributed by atoms with Crippen LogP contribution in [0.3, 0.4) is 0 Å². The van der Waals surface area contributed by atoms with Gasteiger partial charge in [-0.1, -0.05) is 30.3 Å². The Morgan fingerprint density at radius 1 is 1.24 bits per heavy atom. The van der Waals surface area contributed by atoms with Crippen molar-refractivity contribution in [2.45, 2.75) is 19.5 Å². The average Bonchev–Trinajstić information content (AvgIpc) is 3.02. The third-order valence-corrected chi connectivity index (χ3v) is 4.93. The second-order valence-corrected chi connectivity index (χ2v) is 6.95. The van der Waals surface area contributed by atoms with Crippen molar-refractivity contribution in [1.29, 1.82) is 0 Å². The molecule has 2 amide bonds. The summed E-state index contributed by atoms with van der Waals surface area (Å²) in [6.07, 6.45) is 0.873. The number of nitrogens with zero attached hydrogens (tertiary/aromatic N) is 2. The molecule has 0 saturated carbocycles. The van der Waals surface area contributed by atoms with E-state index in [1.807, 2.05) is 6.07 Å². The molecule has 0 fully saturated rings. The van der Waals surface area contributed by atoms with E-state index in [0.29, 0.717) is 5.13 Å².